The summed E-state index contributed by atoms with van der Waals surface area (Å²) < 4.78 is 70.3. The van der Waals surface area contributed by atoms with Gasteiger partial charge in [-0.1, -0.05) is 30.3 Å². The highest BCUT2D eigenvalue weighted by Crippen LogP contribution is 2.56. The summed E-state index contributed by atoms with van der Waals surface area (Å²) in [6.07, 6.45) is 2.54. The minimum atomic E-state index is -3.60. The summed E-state index contributed by atoms with van der Waals surface area (Å²) in [6.45, 7) is 0.850. The summed E-state index contributed by atoms with van der Waals surface area (Å²) in [7, 11) is -3.60. The monoisotopic (exact) mass is 477 g/mol. The van der Waals surface area contributed by atoms with E-state index in [1.807, 2.05) is 0 Å². The second kappa shape index (κ2) is 8.14. The maximum atomic E-state index is 15.6. The van der Waals surface area contributed by atoms with Crippen molar-refractivity contribution < 1.29 is 28.1 Å². The highest BCUT2D eigenvalue weighted by Gasteiger charge is 2.61. The molecule has 5 rings (SSSR count). The average Bonchev–Trinajstić information content (AvgIpc) is 3.44. The van der Waals surface area contributed by atoms with Crippen molar-refractivity contribution in [3.63, 3.8) is 0 Å². The lowest BCUT2D eigenvalue weighted by atomic mass is 9.91. The third-order valence-electron chi connectivity index (χ3n) is 6.99. The van der Waals surface area contributed by atoms with Crippen LogP contribution in [0, 0.1) is 17.0 Å². The first-order valence-electron chi connectivity index (χ1n) is 11.5. The molecular formula is C24H26F2N2O4S. The Balaban J connectivity index is 1.53. The van der Waals surface area contributed by atoms with E-state index in [1.54, 1.807) is 17.0 Å². The van der Waals surface area contributed by atoms with Crippen LogP contribution in [-0.2, 0) is 26.0 Å². The quantitative estimate of drug-likeness (QED) is 0.694. The van der Waals surface area contributed by atoms with Crippen molar-refractivity contribution in [2.75, 3.05) is 19.4 Å². The smallest absolute Gasteiger partial charge is 0.252 e. The highest BCUT2D eigenvalue weighted by molar-refractivity contribution is 7.88. The molecule has 0 radical (unpaired) electrons. The van der Waals surface area contributed by atoms with Crippen LogP contribution in [0.15, 0.2) is 42.4 Å². The Morgan fingerprint density at radius 2 is 2.00 bits per heavy atom. The molecule has 3 atom stereocenters. The highest BCUT2D eigenvalue weighted by atomic mass is 32.2. The maximum absolute atomic E-state index is 15.6. The van der Waals surface area contributed by atoms with E-state index in [9.17, 15) is 17.6 Å². The van der Waals surface area contributed by atoms with Crippen molar-refractivity contribution in [2.24, 2.45) is 5.41 Å². The summed E-state index contributed by atoms with van der Waals surface area (Å²) in [6, 6.07) is 7.29. The molecule has 0 unspecified atom stereocenters. The van der Waals surface area contributed by atoms with Crippen molar-refractivity contribution in [3.05, 3.63) is 59.6 Å². The van der Waals surface area contributed by atoms with Crippen LogP contribution in [-0.4, -0.2) is 56.8 Å². The largest absolute Gasteiger partial charge is 0.368 e. The molecule has 2 aliphatic heterocycles. The number of nitrogens with zero attached hydrogens (tertiary/aromatic N) is 1. The van der Waals surface area contributed by atoms with E-state index in [-0.39, 0.29) is 29.5 Å². The van der Waals surface area contributed by atoms with E-state index in [4.69, 9.17) is 6.11 Å². The third-order valence-corrected chi connectivity index (χ3v) is 7.67. The van der Waals surface area contributed by atoms with Crippen LogP contribution in [0.5, 0.6) is 0 Å². The molecule has 6 nitrogen and oxygen atoms in total. The number of benzene rings is 2. The van der Waals surface area contributed by atoms with E-state index >= 15 is 4.39 Å². The zero-order chi connectivity index (χ0) is 24.3. The van der Waals surface area contributed by atoms with Crippen molar-refractivity contribution in [3.8, 4) is 11.1 Å². The van der Waals surface area contributed by atoms with Crippen molar-refractivity contribution in [1.82, 2.24) is 9.62 Å². The molecular weight excluding hydrogens is 450 g/mol. The lowest BCUT2D eigenvalue weighted by Crippen LogP contribution is -2.53. The SMILES string of the molecule is [2H]c1ccc(-c2cc(F)cc(C[C@H]3[C@@H](NS(C)(=O)=O)C4(CC4)CN3C(=O)[C@H]3CCO3)c2F)cc1. The third kappa shape index (κ3) is 4.29. The summed E-state index contributed by atoms with van der Waals surface area (Å²) in [5.41, 5.74) is 0.159. The van der Waals surface area contributed by atoms with Gasteiger partial charge in [-0.3, -0.25) is 4.79 Å². The van der Waals surface area contributed by atoms with Crippen LogP contribution < -0.4 is 4.72 Å². The zero-order valence-electron chi connectivity index (χ0n) is 19.2. The number of carbonyl (C=O) groups is 1. The first-order chi connectivity index (χ1) is 16.1. The molecule has 33 heavy (non-hydrogen) atoms. The molecule has 1 spiro atoms. The van der Waals surface area contributed by atoms with E-state index in [0.717, 1.165) is 31.2 Å². The lowest BCUT2D eigenvalue weighted by Gasteiger charge is -2.34. The van der Waals surface area contributed by atoms with Crippen LogP contribution in [0.1, 0.15) is 26.2 Å². The summed E-state index contributed by atoms with van der Waals surface area (Å²) in [4.78, 5) is 14.8. The normalized spacial score (nSPS) is 26.2. The van der Waals surface area contributed by atoms with Gasteiger partial charge in [0.15, 0.2) is 0 Å². The molecule has 176 valence electrons. The van der Waals surface area contributed by atoms with E-state index < -0.39 is 45.3 Å². The Labute approximate surface area is 193 Å². The molecule has 1 saturated carbocycles. The van der Waals surface area contributed by atoms with Gasteiger partial charge < -0.3 is 9.64 Å². The molecule has 3 fully saturated rings. The van der Waals surface area contributed by atoms with E-state index in [2.05, 4.69) is 4.72 Å². The fourth-order valence-corrected chi connectivity index (χ4v) is 5.96. The molecule has 1 amide bonds. The number of amides is 1. The second-order valence-electron chi connectivity index (χ2n) is 9.33. The number of ether oxygens (including phenoxy) is 1. The molecule has 9 heteroatoms. The summed E-state index contributed by atoms with van der Waals surface area (Å²) in [5, 5.41) is 0. The number of likely N-dealkylation sites (tertiary alicyclic amines) is 1. The zero-order valence-corrected chi connectivity index (χ0v) is 19.0. The standard InChI is InChI=1S/C24H26F2N2O4S/c1-33(30,31)27-22-19(28(14-24(22)8-9-24)23(29)20-7-10-32-20)12-16-11-17(25)13-18(21(16)26)15-5-3-2-4-6-15/h2-6,11,13,19-20,22,27H,7-10,12,14H2,1H3/t19-,20+,22+/m0/s1/i2D. The molecule has 2 aromatic rings. The van der Waals surface area contributed by atoms with Crippen molar-refractivity contribution >= 4 is 15.9 Å². The van der Waals surface area contributed by atoms with Gasteiger partial charge in [0.2, 0.25) is 10.0 Å². The molecule has 0 aromatic heterocycles. The summed E-state index contributed by atoms with van der Waals surface area (Å²) >= 11 is 0. The first kappa shape index (κ1) is 21.2. The van der Waals surface area contributed by atoms with Crippen LogP contribution in [0.4, 0.5) is 8.78 Å². The van der Waals surface area contributed by atoms with Gasteiger partial charge in [0, 0.05) is 30.0 Å². The summed E-state index contributed by atoms with van der Waals surface area (Å²) in [5.74, 6) is -1.49. The Bertz CT molecular complexity index is 1230. The number of nitrogens with one attached hydrogen (secondary N) is 1. The Kier molecular flexibility index (Phi) is 5.23. The Morgan fingerprint density at radius 3 is 2.58 bits per heavy atom. The number of halogens is 2. The maximum Gasteiger partial charge on any atom is 0.252 e. The fraction of sp³-hybridized carbons (Fsp3) is 0.458. The van der Waals surface area contributed by atoms with Gasteiger partial charge in [0.25, 0.3) is 5.91 Å². The number of rotatable bonds is 6. The average molecular weight is 478 g/mol. The molecule has 1 aliphatic carbocycles. The lowest BCUT2D eigenvalue weighted by molar-refractivity contribution is -0.157. The molecule has 1 N–H and O–H groups in total. The molecule has 2 aromatic carbocycles. The molecule has 2 heterocycles. The van der Waals surface area contributed by atoms with Gasteiger partial charge in [0.1, 0.15) is 17.7 Å². The predicted octanol–water partition coefficient (Wildman–Crippen LogP) is 2.87. The molecule has 0 bridgehead atoms. The van der Waals surface area contributed by atoms with E-state index in [0.29, 0.717) is 25.1 Å². The van der Waals surface area contributed by atoms with Gasteiger partial charge in [0.05, 0.1) is 20.3 Å². The minimum Gasteiger partial charge on any atom is -0.368 e. The Hall–Kier alpha value is -2.36. The van der Waals surface area contributed by atoms with Gasteiger partial charge >= 0.3 is 0 Å². The number of sulfonamides is 1. The van der Waals surface area contributed by atoms with E-state index in [1.165, 1.54) is 12.1 Å². The van der Waals surface area contributed by atoms with Crippen LogP contribution in [0.3, 0.4) is 0 Å². The van der Waals surface area contributed by atoms with Gasteiger partial charge in [-0.05, 0) is 42.5 Å². The molecule has 3 aliphatic rings. The van der Waals surface area contributed by atoms with Crippen molar-refractivity contribution in [1.29, 1.82) is 0 Å². The first-order valence-corrected chi connectivity index (χ1v) is 12.9. The fourth-order valence-electron chi connectivity index (χ4n) is 5.09. The predicted molar refractivity (Wildman–Crippen MR) is 119 cm³/mol. The van der Waals surface area contributed by atoms with Gasteiger partial charge in [-0.2, -0.15) is 0 Å². The second-order valence-corrected chi connectivity index (χ2v) is 11.1. The minimum absolute atomic E-state index is 0.0412. The van der Waals surface area contributed by atoms with Crippen molar-refractivity contribution in [2.45, 2.75) is 43.9 Å². The number of hydrogen-bond acceptors (Lipinski definition) is 4. The Morgan fingerprint density at radius 1 is 1.30 bits per heavy atom. The van der Waals surface area contributed by atoms with Crippen LogP contribution in [0.2, 0.25) is 0 Å². The van der Waals surface area contributed by atoms with Crippen LogP contribution in [0.25, 0.3) is 11.1 Å². The van der Waals surface area contributed by atoms with Gasteiger partial charge in [-0.15, -0.1) is 0 Å². The van der Waals surface area contributed by atoms with Gasteiger partial charge in [-0.25, -0.2) is 21.9 Å². The molecule has 2 saturated heterocycles. The number of carbonyl (C=O) groups excluding carboxylic acids is 1. The number of hydrogen-bond donors (Lipinski definition) is 1. The van der Waals surface area contributed by atoms with Crippen LogP contribution >= 0.6 is 0 Å². The topological polar surface area (TPSA) is 75.7 Å².